The van der Waals surface area contributed by atoms with Crippen molar-refractivity contribution in [1.82, 2.24) is 14.5 Å². The molecule has 0 bridgehead atoms. The Morgan fingerprint density at radius 3 is 2.66 bits per heavy atom. The summed E-state index contributed by atoms with van der Waals surface area (Å²) in [7, 11) is 3.25. The molecule has 1 aliphatic rings. The van der Waals surface area contributed by atoms with Gasteiger partial charge in [-0.2, -0.15) is 0 Å². The standard InChI is InChI=1S/C23H27N5O4/c1-27-20-14-21(24-7-8-28-9-11-32-12-10-28)25-15-17(20)13-19(23(27)30)26-22(29)16-3-5-18(31-2)6-4-16/h3-6,13-15H,7-12H2,1-2H3,(H,24,25)(H,26,29). The second-order valence-electron chi connectivity index (χ2n) is 7.61. The number of hydrogen-bond acceptors (Lipinski definition) is 7. The van der Waals surface area contributed by atoms with E-state index in [-0.39, 0.29) is 17.2 Å². The Bertz CT molecular complexity index is 1150. The summed E-state index contributed by atoms with van der Waals surface area (Å²) < 4.78 is 12.0. The molecule has 1 saturated heterocycles. The minimum atomic E-state index is -0.363. The first-order valence-corrected chi connectivity index (χ1v) is 10.5. The molecule has 2 N–H and O–H groups in total. The number of nitrogens with zero attached hydrogens (tertiary/aromatic N) is 3. The fourth-order valence-electron chi connectivity index (χ4n) is 3.65. The summed E-state index contributed by atoms with van der Waals surface area (Å²) in [5, 5.41) is 6.79. The van der Waals surface area contributed by atoms with Crippen LogP contribution in [0.2, 0.25) is 0 Å². The molecule has 9 heteroatoms. The number of nitrogens with one attached hydrogen (secondary N) is 2. The van der Waals surface area contributed by atoms with Gasteiger partial charge in [-0.05, 0) is 30.3 Å². The third kappa shape index (κ3) is 4.90. The molecule has 3 heterocycles. The van der Waals surface area contributed by atoms with E-state index in [1.807, 2.05) is 6.07 Å². The molecule has 0 atom stereocenters. The Labute approximate surface area is 186 Å². The second-order valence-corrected chi connectivity index (χ2v) is 7.61. The molecule has 1 fully saturated rings. The van der Waals surface area contributed by atoms with E-state index in [1.165, 1.54) is 4.57 Å². The second kappa shape index (κ2) is 9.80. The molecule has 9 nitrogen and oxygen atoms in total. The lowest BCUT2D eigenvalue weighted by atomic mass is 10.2. The van der Waals surface area contributed by atoms with Crippen molar-refractivity contribution < 1.29 is 14.3 Å². The topological polar surface area (TPSA) is 97.7 Å². The average molecular weight is 438 g/mol. The lowest BCUT2D eigenvalue weighted by Crippen LogP contribution is -2.39. The predicted octanol–water partition coefficient (Wildman–Crippen LogP) is 1.94. The third-order valence-corrected chi connectivity index (χ3v) is 5.55. The number of carbonyl (C=O) groups is 1. The normalized spacial score (nSPS) is 14.3. The van der Waals surface area contributed by atoms with Crippen molar-refractivity contribution >= 4 is 28.3 Å². The predicted molar refractivity (Wildman–Crippen MR) is 124 cm³/mol. The lowest BCUT2D eigenvalue weighted by Gasteiger charge is -2.26. The number of ether oxygens (including phenoxy) is 2. The van der Waals surface area contributed by atoms with Crippen LogP contribution >= 0.6 is 0 Å². The summed E-state index contributed by atoms with van der Waals surface area (Å²) in [5.74, 6) is 0.998. The summed E-state index contributed by atoms with van der Waals surface area (Å²) >= 11 is 0. The number of hydrogen-bond donors (Lipinski definition) is 2. The molecule has 0 radical (unpaired) electrons. The highest BCUT2D eigenvalue weighted by Gasteiger charge is 2.13. The first-order chi connectivity index (χ1) is 15.5. The third-order valence-electron chi connectivity index (χ3n) is 5.55. The summed E-state index contributed by atoms with van der Waals surface area (Å²) in [6.07, 6.45) is 1.70. The van der Waals surface area contributed by atoms with Gasteiger partial charge in [0, 0.05) is 56.4 Å². The number of aryl methyl sites for hydroxylation is 1. The number of aromatic nitrogens is 2. The van der Waals surface area contributed by atoms with E-state index in [2.05, 4.69) is 20.5 Å². The van der Waals surface area contributed by atoms with Gasteiger partial charge in [0.15, 0.2) is 0 Å². The van der Waals surface area contributed by atoms with Crippen molar-refractivity contribution in [3.05, 3.63) is 58.5 Å². The molecule has 4 rings (SSSR count). The van der Waals surface area contributed by atoms with Gasteiger partial charge in [0.1, 0.15) is 17.3 Å². The van der Waals surface area contributed by atoms with E-state index in [4.69, 9.17) is 9.47 Å². The number of methoxy groups -OCH3 is 1. The maximum absolute atomic E-state index is 12.9. The fraction of sp³-hybridized carbons (Fsp3) is 0.348. The Morgan fingerprint density at radius 1 is 1.19 bits per heavy atom. The Morgan fingerprint density at radius 2 is 1.94 bits per heavy atom. The Balaban J connectivity index is 1.47. The molecular formula is C23H27N5O4. The highest BCUT2D eigenvalue weighted by atomic mass is 16.5. The van der Waals surface area contributed by atoms with E-state index < -0.39 is 0 Å². The van der Waals surface area contributed by atoms with Crippen LogP contribution in [0.25, 0.3) is 10.9 Å². The van der Waals surface area contributed by atoms with Gasteiger partial charge in [0.25, 0.3) is 11.5 Å². The van der Waals surface area contributed by atoms with Crippen molar-refractivity contribution in [3.63, 3.8) is 0 Å². The van der Waals surface area contributed by atoms with E-state index in [0.717, 1.165) is 50.3 Å². The molecule has 3 aromatic rings. The molecule has 1 amide bonds. The molecule has 168 valence electrons. The van der Waals surface area contributed by atoms with Gasteiger partial charge in [-0.25, -0.2) is 4.98 Å². The van der Waals surface area contributed by atoms with Crippen LogP contribution in [-0.4, -0.2) is 66.9 Å². The molecular weight excluding hydrogens is 410 g/mol. The van der Waals surface area contributed by atoms with Crippen LogP contribution in [0.1, 0.15) is 10.4 Å². The summed E-state index contributed by atoms with van der Waals surface area (Å²) in [4.78, 5) is 32.2. The molecule has 1 aromatic carbocycles. The van der Waals surface area contributed by atoms with Gasteiger partial charge < -0.3 is 24.7 Å². The number of pyridine rings is 2. The van der Waals surface area contributed by atoms with Crippen LogP contribution in [0.4, 0.5) is 11.5 Å². The van der Waals surface area contributed by atoms with Gasteiger partial charge in [-0.3, -0.25) is 14.5 Å². The van der Waals surface area contributed by atoms with Gasteiger partial charge >= 0.3 is 0 Å². The molecule has 2 aromatic heterocycles. The monoisotopic (exact) mass is 437 g/mol. The largest absolute Gasteiger partial charge is 0.497 e. The van der Waals surface area contributed by atoms with Gasteiger partial charge in [0.05, 0.1) is 25.8 Å². The number of anilines is 2. The summed E-state index contributed by atoms with van der Waals surface area (Å²) in [6.45, 7) is 5.07. The van der Waals surface area contributed by atoms with Gasteiger partial charge in [0.2, 0.25) is 0 Å². The Hall–Kier alpha value is -3.43. The SMILES string of the molecule is COc1ccc(C(=O)Nc2cc3cnc(NCCN4CCOCC4)cc3n(C)c2=O)cc1. The number of morpholine rings is 1. The van der Waals surface area contributed by atoms with Crippen molar-refractivity contribution in [1.29, 1.82) is 0 Å². The van der Waals surface area contributed by atoms with E-state index in [1.54, 1.807) is 50.7 Å². The molecule has 0 spiro atoms. The van der Waals surface area contributed by atoms with Crippen molar-refractivity contribution in [3.8, 4) is 5.75 Å². The summed E-state index contributed by atoms with van der Waals surface area (Å²) in [5.41, 5.74) is 1.09. The molecule has 0 saturated carbocycles. The highest BCUT2D eigenvalue weighted by Crippen LogP contribution is 2.19. The minimum absolute atomic E-state index is 0.204. The first kappa shape index (κ1) is 21.8. The molecule has 0 aliphatic carbocycles. The zero-order chi connectivity index (χ0) is 22.5. The number of rotatable bonds is 7. The van der Waals surface area contributed by atoms with Crippen molar-refractivity contribution in [2.75, 3.05) is 57.1 Å². The maximum atomic E-state index is 12.9. The zero-order valence-electron chi connectivity index (χ0n) is 18.3. The molecule has 1 aliphatic heterocycles. The van der Waals surface area contributed by atoms with Crippen LogP contribution in [0.3, 0.4) is 0 Å². The van der Waals surface area contributed by atoms with Crippen LogP contribution in [0.5, 0.6) is 5.75 Å². The Kier molecular flexibility index (Phi) is 6.67. The van der Waals surface area contributed by atoms with Crippen LogP contribution < -0.4 is 20.9 Å². The van der Waals surface area contributed by atoms with Crippen LogP contribution in [0.15, 0.2) is 47.4 Å². The lowest BCUT2D eigenvalue weighted by molar-refractivity contribution is 0.0398. The molecule has 32 heavy (non-hydrogen) atoms. The minimum Gasteiger partial charge on any atom is -0.497 e. The first-order valence-electron chi connectivity index (χ1n) is 10.5. The number of amides is 1. The van der Waals surface area contributed by atoms with Gasteiger partial charge in [-0.15, -0.1) is 0 Å². The van der Waals surface area contributed by atoms with E-state index in [0.29, 0.717) is 17.1 Å². The van der Waals surface area contributed by atoms with E-state index >= 15 is 0 Å². The highest BCUT2D eigenvalue weighted by molar-refractivity contribution is 6.05. The molecule has 0 unspecified atom stereocenters. The number of benzene rings is 1. The maximum Gasteiger partial charge on any atom is 0.274 e. The fourth-order valence-corrected chi connectivity index (χ4v) is 3.65. The smallest absolute Gasteiger partial charge is 0.274 e. The number of fused-ring (bicyclic) bond motifs is 1. The average Bonchev–Trinajstić information content (AvgIpc) is 2.83. The number of carbonyl (C=O) groups excluding carboxylic acids is 1. The van der Waals surface area contributed by atoms with Crippen LogP contribution in [-0.2, 0) is 11.8 Å². The van der Waals surface area contributed by atoms with Crippen LogP contribution in [0, 0.1) is 0 Å². The van der Waals surface area contributed by atoms with Crippen molar-refractivity contribution in [2.45, 2.75) is 0 Å². The van der Waals surface area contributed by atoms with Gasteiger partial charge in [-0.1, -0.05) is 0 Å². The quantitative estimate of drug-likeness (QED) is 0.583. The zero-order valence-corrected chi connectivity index (χ0v) is 18.3. The van der Waals surface area contributed by atoms with E-state index in [9.17, 15) is 9.59 Å². The summed E-state index contributed by atoms with van der Waals surface area (Å²) in [6, 6.07) is 10.2. The van der Waals surface area contributed by atoms with Crippen molar-refractivity contribution in [2.24, 2.45) is 7.05 Å².